The van der Waals surface area contributed by atoms with Crippen molar-refractivity contribution in [2.24, 2.45) is 0 Å². The van der Waals surface area contributed by atoms with Crippen molar-refractivity contribution in [2.75, 3.05) is 0 Å². The Morgan fingerprint density at radius 2 is 2.06 bits per heavy atom. The number of nitrogens with one attached hydrogen (secondary N) is 1. The molecule has 0 radical (unpaired) electrons. The normalized spacial score (nSPS) is 11.9. The first-order valence-corrected chi connectivity index (χ1v) is 5.25. The number of fused-ring (bicyclic) bond motifs is 1. The molecule has 2 N–H and O–H groups in total. The van der Waals surface area contributed by atoms with Gasteiger partial charge in [0.25, 0.3) is 0 Å². The molecule has 2 aromatic rings. The maximum absolute atomic E-state index is 11.3. The fourth-order valence-corrected chi connectivity index (χ4v) is 1.95. The highest BCUT2D eigenvalue weighted by atomic mass is 16.4. The van der Waals surface area contributed by atoms with Gasteiger partial charge in [0.15, 0.2) is 0 Å². The summed E-state index contributed by atoms with van der Waals surface area (Å²) in [7, 11) is 0. The Labute approximate surface area is 94.1 Å². The van der Waals surface area contributed by atoms with Crippen molar-refractivity contribution in [3.05, 3.63) is 35.5 Å². The third kappa shape index (κ3) is 1.48. The lowest BCUT2D eigenvalue weighted by atomic mass is 9.83. The van der Waals surface area contributed by atoms with Crippen molar-refractivity contribution in [3.8, 4) is 0 Å². The number of rotatable bonds is 2. The molecule has 0 bridgehead atoms. The first-order chi connectivity index (χ1) is 7.43. The van der Waals surface area contributed by atoms with Gasteiger partial charge in [0, 0.05) is 16.6 Å². The highest BCUT2D eigenvalue weighted by Gasteiger charge is 2.31. The molecule has 0 aliphatic heterocycles. The average molecular weight is 217 g/mol. The second-order valence-electron chi connectivity index (χ2n) is 4.65. The fraction of sp³-hybridized carbons (Fsp3) is 0.308. The van der Waals surface area contributed by atoms with E-state index in [4.69, 9.17) is 0 Å². The van der Waals surface area contributed by atoms with Gasteiger partial charge in [-0.2, -0.15) is 0 Å². The van der Waals surface area contributed by atoms with Crippen LogP contribution >= 0.6 is 0 Å². The van der Waals surface area contributed by atoms with Gasteiger partial charge in [-0.3, -0.25) is 4.79 Å². The second-order valence-corrected chi connectivity index (χ2v) is 4.65. The number of aliphatic carboxylic acids is 1. The number of aryl methyl sites for hydroxylation is 1. The maximum atomic E-state index is 11.3. The van der Waals surface area contributed by atoms with Crippen LogP contribution in [0, 0.1) is 6.92 Å². The number of hydrogen-bond acceptors (Lipinski definition) is 1. The van der Waals surface area contributed by atoms with E-state index in [0.29, 0.717) is 0 Å². The standard InChI is InChI=1S/C13H15NO2/c1-8-7-9-10(13(2,3)12(15)16)5-4-6-11(9)14-8/h4-7,14H,1-3H3,(H,15,16). The third-order valence-electron chi connectivity index (χ3n) is 3.01. The van der Waals surface area contributed by atoms with Crippen molar-refractivity contribution in [1.29, 1.82) is 0 Å². The molecule has 3 nitrogen and oxygen atoms in total. The Bertz CT molecular complexity index is 552. The highest BCUT2D eigenvalue weighted by Crippen LogP contribution is 2.30. The van der Waals surface area contributed by atoms with E-state index in [1.54, 1.807) is 13.8 Å². The molecule has 0 saturated carbocycles. The van der Waals surface area contributed by atoms with Crippen LogP contribution in [0.25, 0.3) is 10.9 Å². The van der Waals surface area contributed by atoms with Crippen LogP contribution in [0.4, 0.5) is 0 Å². The van der Waals surface area contributed by atoms with Crippen LogP contribution < -0.4 is 0 Å². The molecule has 0 saturated heterocycles. The SMILES string of the molecule is Cc1cc2c(C(C)(C)C(=O)O)cccc2[nH]1. The third-order valence-corrected chi connectivity index (χ3v) is 3.01. The number of carboxylic acid groups (broad SMARTS) is 1. The Kier molecular flexibility index (Phi) is 2.26. The molecular formula is C13H15NO2. The molecule has 2 rings (SSSR count). The number of aromatic amines is 1. The van der Waals surface area contributed by atoms with Gasteiger partial charge in [0.1, 0.15) is 0 Å². The summed E-state index contributed by atoms with van der Waals surface area (Å²) in [6, 6.07) is 7.72. The van der Waals surface area contributed by atoms with Gasteiger partial charge in [-0.25, -0.2) is 0 Å². The van der Waals surface area contributed by atoms with Crippen LogP contribution in [0.1, 0.15) is 25.1 Å². The van der Waals surface area contributed by atoms with E-state index in [1.165, 1.54) is 0 Å². The van der Waals surface area contributed by atoms with E-state index in [0.717, 1.165) is 22.2 Å². The molecule has 0 fully saturated rings. The van der Waals surface area contributed by atoms with Gasteiger partial charge < -0.3 is 10.1 Å². The van der Waals surface area contributed by atoms with Crippen molar-refractivity contribution in [2.45, 2.75) is 26.2 Å². The first-order valence-electron chi connectivity index (χ1n) is 5.25. The largest absolute Gasteiger partial charge is 0.481 e. The van der Waals surface area contributed by atoms with Crippen LogP contribution in [0.5, 0.6) is 0 Å². The molecule has 0 atom stereocenters. The Hall–Kier alpha value is -1.77. The molecule has 0 aliphatic carbocycles. The van der Waals surface area contributed by atoms with E-state index in [-0.39, 0.29) is 0 Å². The quantitative estimate of drug-likeness (QED) is 0.812. The van der Waals surface area contributed by atoms with Crippen molar-refractivity contribution < 1.29 is 9.90 Å². The average Bonchev–Trinajstić information content (AvgIpc) is 2.56. The molecule has 0 amide bonds. The lowest BCUT2D eigenvalue weighted by Gasteiger charge is -2.20. The lowest BCUT2D eigenvalue weighted by Crippen LogP contribution is -2.28. The molecule has 16 heavy (non-hydrogen) atoms. The van der Waals surface area contributed by atoms with E-state index in [1.807, 2.05) is 31.2 Å². The molecule has 1 aromatic carbocycles. The summed E-state index contributed by atoms with van der Waals surface area (Å²) in [6.07, 6.45) is 0. The number of hydrogen-bond donors (Lipinski definition) is 2. The van der Waals surface area contributed by atoms with Gasteiger partial charge in [0.05, 0.1) is 5.41 Å². The minimum Gasteiger partial charge on any atom is -0.481 e. The van der Waals surface area contributed by atoms with E-state index >= 15 is 0 Å². The fourth-order valence-electron chi connectivity index (χ4n) is 1.95. The predicted octanol–water partition coefficient (Wildman–Crippen LogP) is 2.84. The molecule has 1 heterocycles. The van der Waals surface area contributed by atoms with E-state index in [9.17, 15) is 9.90 Å². The maximum Gasteiger partial charge on any atom is 0.313 e. The molecule has 84 valence electrons. The van der Waals surface area contributed by atoms with Crippen LogP contribution in [0.2, 0.25) is 0 Å². The van der Waals surface area contributed by atoms with Crippen molar-refractivity contribution in [3.63, 3.8) is 0 Å². The Morgan fingerprint density at radius 1 is 1.38 bits per heavy atom. The molecular weight excluding hydrogens is 202 g/mol. The Morgan fingerprint density at radius 3 is 2.69 bits per heavy atom. The summed E-state index contributed by atoms with van der Waals surface area (Å²) in [5.41, 5.74) is 2.02. The molecule has 0 unspecified atom stereocenters. The summed E-state index contributed by atoms with van der Waals surface area (Å²) >= 11 is 0. The topological polar surface area (TPSA) is 53.1 Å². The van der Waals surface area contributed by atoms with Gasteiger partial charge >= 0.3 is 5.97 Å². The van der Waals surface area contributed by atoms with Crippen LogP contribution in [-0.2, 0) is 10.2 Å². The smallest absolute Gasteiger partial charge is 0.313 e. The predicted molar refractivity (Wildman–Crippen MR) is 63.7 cm³/mol. The summed E-state index contributed by atoms with van der Waals surface area (Å²) in [5, 5.41) is 10.2. The number of carboxylic acids is 1. The lowest BCUT2D eigenvalue weighted by molar-refractivity contribution is -0.142. The van der Waals surface area contributed by atoms with Gasteiger partial charge in [0.2, 0.25) is 0 Å². The Balaban J connectivity index is 2.73. The molecule has 0 spiro atoms. The molecule has 1 aromatic heterocycles. The van der Waals surface area contributed by atoms with Gasteiger partial charge in [-0.15, -0.1) is 0 Å². The number of aromatic nitrogens is 1. The second kappa shape index (κ2) is 3.37. The first kappa shape index (κ1) is 10.7. The number of H-pyrrole nitrogens is 1. The summed E-state index contributed by atoms with van der Waals surface area (Å²) in [6.45, 7) is 5.43. The number of carbonyl (C=O) groups is 1. The monoisotopic (exact) mass is 217 g/mol. The summed E-state index contributed by atoms with van der Waals surface area (Å²) < 4.78 is 0. The van der Waals surface area contributed by atoms with Crippen molar-refractivity contribution in [1.82, 2.24) is 4.98 Å². The van der Waals surface area contributed by atoms with Crippen LogP contribution in [0.3, 0.4) is 0 Å². The zero-order chi connectivity index (χ0) is 11.9. The molecule has 0 aliphatic rings. The number of benzene rings is 1. The van der Waals surface area contributed by atoms with Crippen molar-refractivity contribution >= 4 is 16.9 Å². The zero-order valence-electron chi connectivity index (χ0n) is 9.66. The van der Waals surface area contributed by atoms with Crippen LogP contribution in [0.15, 0.2) is 24.3 Å². The highest BCUT2D eigenvalue weighted by molar-refractivity contribution is 5.91. The minimum atomic E-state index is -0.867. The zero-order valence-corrected chi connectivity index (χ0v) is 9.66. The van der Waals surface area contributed by atoms with E-state index < -0.39 is 11.4 Å². The minimum absolute atomic E-state index is 0.807. The van der Waals surface area contributed by atoms with Crippen LogP contribution in [-0.4, -0.2) is 16.1 Å². The van der Waals surface area contributed by atoms with E-state index in [2.05, 4.69) is 4.98 Å². The van der Waals surface area contributed by atoms with Gasteiger partial charge in [-0.05, 0) is 38.5 Å². The molecule has 3 heteroatoms. The van der Waals surface area contributed by atoms with Gasteiger partial charge in [-0.1, -0.05) is 12.1 Å². The summed E-state index contributed by atoms with van der Waals surface area (Å²) in [4.78, 5) is 14.5. The summed E-state index contributed by atoms with van der Waals surface area (Å²) in [5.74, 6) is -0.807.